The molecule has 0 aliphatic heterocycles. The van der Waals surface area contributed by atoms with Crippen LogP contribution in [0.4, 0.5) is 5.13 Å². The third-order valence-electron chi connectivity index (χ3n) is 3.99. The van der Waals surface area contributed by atoms with Crippen LogP contribution in [-0.2, 0) is 16.0 Å². The Labute approximate surface area is 151 Å². The quantitative estimate of drug-likeness (QED) is 0.717. The van der Waals surface area contributed by atoms with Gasteiger partial charge in [0.2, 0.25) is 0 Å². The van der Waals surface area contributed by atoms with Crippen molar-refractivity contribution >= 4 is 22.4 Å². The number of carbonyl (C=O) groups excluding carboxylic acids is 1. The Morgan fingerprint density at radius 2 is 1.88 bits per heavy atom. The summed E-state index contributed by atoms with van der Waals surface area (Å²) in [6.07, 6.45) is 1.98. The molecule has 1 aromatic heterocycles. The molecule has 1 heterocycles. The second-order valence-corrected chi connectivity index (χ2v) is 6.87. The van der Waals surface area contributed by atoms with Crippen molar-refractivity contribution in [2.75, 3.05) is 12.4 Å². The lowest BCUT2D eigenvalue weighted by Crippen LogP contribution is -2.22. The van der Waals surface area contributed by atoms with E-state index in [2.05, 4.69) is 29.4 Å². The van der Waals surface area contributed by atoms with Gasteiger partial charge in [-0.2, -0.15) is 0 Å². The molecule has 1 atom stereocenters. The first kappa shape index (κ1) is 17.3. The molecule has 2 aromatic carbocycles. The Morgan fingerprint density at radius 3 is 2.60 bits per heavy atom. The minimum Gasteiger partial charge on any atom is -0.367 e. The first-order valence-electron chi connectivity index (χ1n) is 8.05. The molecule has 0 aliphatic rings. The van der Waals surface area contributed by atoms with Crippen LogP contribution in [0.15, 0.2) is 60.8 Å². The van der Waals surface area contributed by atoms with Gasteiger partial charge in [-0.3, -0.25) is 10.1 Å². The smallest absolute Gasteiger partial charge is 0.259 e. The number of aromatic nitrogens is 1. The number of benzene rings is 2. The highest BCUT2D eigenvalue weighted by molar-refractivity contribution is 7.15. The van der Waals surface area contributed by atoms with Gasteiger partial charge in [0.25, 0.3) is 5.91 Å². The number of nitrogens with zero attached hydrogens (tertiary/aromatic N) is 1. The zero-order valence-electron chi connectivity index (χ0n) is 14.2. The van der Waals surface area contributed by atoms with Gasteiger partial charge in [-0.05, 0) is 23.6 Å². The maximum atomic E-state index is 12.5. The molecule has 5 heteroatoms. The molecule has 1 amide bonds. The number of nitrogens with one attached hydrogen (secondary N) is 1. The first-order valence-corrected chi connectivity index (χ1v) is 8.87. The summed E-state index contributed by atoms with van der Waals surface area (Å²) >= 11 is 1.49. The molecule has 4 nitrogen and oxygen atoms in total. The van der Waals surface area contributed by atoms with Crippen LogP contribution in [-0.4, -0.2) is 18.0 Å². The highest BCUT2D eigenvalue weighted by Crippen LogP contribution is 2.24. The highest BCUT2D eigenvalue weighted by atomic mass is 32.1. The molecule has 25 heavy (non-hydrogen) atoms. The number of anilines is 1. The molecule has 0 bridgehead atoms. The molecule has 3 rings (SSSR count). The number of ether oxygens (including phenoxy) is 1. The van der Waals surface area contributed by atoms with Crippen LogP contribution in [0, 0.1) is 6.92 Å². The molecule has 3 aromatic rings. The third kappa shape index (κ3) is 4.32. The minimum atomic E-state index is -0.648. The number of methoxy groups -OCH3 is 1. The van der Waals surface area contributed by atoms with Crippen molar-refractivity contribution in [2.24, 2.45) is 0 Å². The fourth-order valence-corrected chi connectivity index (χ4v) is 3.47. The summed E-state index contributed by atoms with van der Waals surface area (Å²) in [6, 6.07) is 17.7. The van der Waals surface area contributed by atoms with E-state index in [1.165, 1.54) is 29.6 Å². The van der Waals surface area contributed by atoms with E-state index in [9.17, 15) is 4.79 Å². The van der Waals surface area contributed by atoms with Crippen molar-refractivity contribution in [3.05, 3.63) is 82.4 Å². The van der Waals surface area contributed by atoms with E-state index in [1.807, 2.05) is 48.7 Å². The number of hydrogen-bond acceptors (Lipinski definition) is 4. The van der Waals surface area contributed by atoms with Gasteiger partial charge in [0.1, 0.15) is 0 Å². The maximum Gasteiger partial charge on any atom is 0.259 e. The van der Waals surface area contributed by atoms with Crippen molar-refractivity contribution in [3.63, 3.8) is 0 Å². The first-order chi connectivity index (χ1) is 12.2. The Balaban J connectivity index is 1.68. The predicted molar refractivity (Wildman–Crippen MR) is 101 cm³/mol. The summed E-state index contributed by atoms with van der Waals surface area (Å²) in [5.41, 5.74) is 3.34. The molecule has 128 valence electrons. The molecule has 1 unspecified atom stereocenters. The van der Waals surface area contributed by atoms with Gasteiger partial charge in [-0.25, -0.2) is 4.98 Å². The summed E-state index contributed by atoms with van der Waals surface area (Å²) in [5.74, 6) is -0.217. The molecule has 1 N–H and O–H groups in total. The second-order valence-electron chi connectivity index (χ2n) is 5.75. The normalized spacial score (nSPS) is 11.9. The van der Waals surface area contributed by atoms with Crippen LogP contribution >= 0.6 is 11.3 Å². The molecule has 0 saturated carbocycles. The topological polar surface area (TPSA) is 51.2 Å². The van der Waals surface area contributed by atoms with E-state index < -0.39 is 6.10 Å². The van der Waals surface area contributed by atoms with E-state index in [0.717, 1.165) is 16.9 Å². The average molecular weight is 352 g/mol. The van der Waals surface area contributed by atoms with Gasteiger partial charge in [-0.1, -0.05) is 54.6 Å². The van der Waals surface area contributed by atoms with Crippen LogP contribution in [0.1, 0.15) is 27.7 Å². The van der Waals surface area contributed by atoms with Crippen molar-refractivity contribution in [3.8, 4) is 0 Å². The van der Waals surface area contributed by atoms with Crippen LogP contribution in [0.5, 0.6) is 0 Å². The predicted octanol–water partition coefficient (Wildman–Crippen LogP) is 4.37. The van der Waals surface area contributed by atoms with E-state index in [1.54, 1.807) is 0 Å². The Morgan fingerprint density at radius 1 is 1.16 bits per heavy atom. The van der Waals surface area contributed by atoms with Gasteiger partial charge < -0.3 is 4.74 Å². The SMILES string of the molecule is COC(C(=O)Nc1ncc(Cc2ccccc2C)s1)c1ccccc1. The number of aryl methyl sites for hydroxylation is 1. The van der Waals surface area contributed by atoms with Gasteiger partial charge in [0.15, 0.2) is 11.2 Å². The van der Waals surface area contributed by atoms with E-state index in [4.69, 9.17) is 4.74 Å². The Hall–Kier alpha value is -2.50. The lowest BCUT2D eigenvalue weighted by Gasteiger charge is -2.14. The van der Waals surface area contributed by atoms with Crippen LogP contribution in [0.2, 0.25) is 0 Å². The number of hydrogen-bond donors (Lipinski definition) is 1. The maximum absolute atomic E-state index is 12.5. The van der Waals surface area contributed by atoms with Crippen LogP contribution in [0.3, 0.4) is 0 Å². The summed E-state index contributed by atoms with van der Waals surface area (Å²) in [4.78, 5) is 17.9. The molecular weight excluding hydrogens is 332 g/mol. The summed E-state index contributed by atoms with van der Waals surface area (Å²) in [6.45, 7) is 2.10. The zero-order valence-corrected chi connectivity index (χ0v) is 15.0. The molecule has 0 fully saturated rings. The minimum absolute atomic E-state index is 0.217. The van der Waals surface area contributed by atoms with Gasteiger partial charge in [0.05, 0.1) is 0 Å². The van der Waals surface area contributed by atoms with Gasteiger partial charge in [0, 0.05) is 24.6 Å². The molecule has 0 aliphatic carbocycles. The van der Waals surface area contributed by atoms with Crippen molar-refractivity contribution < 1.29 is 9.53 Å². The highest BCUT2D eigenvalue weighted by Gasteiger charge is 2.21. The standard InChI is InChI=1S/C20H20N2O2S/c1-14-8-6-7-11-16(14)12-17-13-21-20(25-17)22-19(23)18(24-2)15-9-4-3-5-10-15/h3-11,13,18H,12H2,1-2H3,(H,21,22,23). The van der Waals surface area contributed by atoms with Crippen molar-refractivity contribution in [1.29, 1.82) is 0 Å². The van der Waals surface area contributed by atoms with Gasteiger partial charge in [-0.15, -0.1) is 11.3 Å². The summed E-state index contributed by atoms with van der Waals surface area (Å²) < 4.78 is 5.35. The average Bonchev–Trinajstić information content (AvgIpc) is 3.05. The summed E-state index contributed by atoms with van der Waals surface area (Å²) in [5, 5.41) is 3.45. The van der Waals surface area contributed by atoms with Crippen LogP contribution in [0.25, 0.3) is 0 Å². The number of amides is 1. The number of carbonyl (C=O) groups is 1. The Bertz CT molecular complexity index is 846. The van der Waals surface area contributed by atoms with Crippen molar-refractivity contribution in [2.45, 2.75) is 19.4 Å². The van der Waals surface area contributed by atoms with E-state index >= 15 is 0 Å². The fraction of sp³-hybridized carbons (Fsp3) is 0.200. The lowest BCUT2D eigenvalue weighted by molar-refractivity contribution is -0.126. The largest absolute Gasteiger partial charge is 0.367 e. The third-order valence-corrected chi connectivity index (χ3v) is 4.90. The monoisotopic (exact) mass is 352 g/mol. The number of rotatable bonds is 6. The Kier molecular flexibility index (Phi) is 5.58. The van der Waals surface area contributed by atoms with E-state index in [-0.39, 0.29) is 5.91 Å². The molecular formula is C20H20N2O2S. The molecule has 0 radical (unpaired) electrons. The van der Waals surface area contributed by atoms with Crippen LogP contribution < -0.4 is 5.32 Å². The second kappa shape index (κ2) is 8.05. The number of thiazole rings is 1. The summed E-state index contributed by atoms with van der Waals surface area (Å²) in [7, 11) is 1.53. The lowest BCUT2D eigenvalue weighted by atomic mass is 10.1. The van der Waals surface area contributed by atoms with Crippen molar-refractivity contribution in [1.82, 2.24) is 4.98 Å². The fourth-order valence-electron chi connectivity index (χ4n) is 2.64. The van der Waals surface area contributed by atoms with Gasteiger partial charge >= 0.3 is 0 Å². The van der Waals surface area contributed by atoms with E-state index in [0.29, 0.717) is 5.13 Å². The molecule has 0 spiro atoms. The zero-order chi connectivity index (χ0) is 17.6. The molecule has 0 saturated heterocycles.